The topological polar surface area (TPSA) is 12.0 Å². The first-order valence-corrected chi connectivity index (χ1v) is 6.94. The summed E-state index contributed by atoms with van der Waals surface area (Å²) < 4.78 is 0. The molecule has 0 saturated heterocycles. The van der Waals surface area contributed by atoms with Crippen molar-refractivity contribution in [3.63, 3.8) is 0 Å². The summed E-state index contributed by atoms with van der Waals surface area (Å²) in [4.78, 5) is 0. The van der Waals surface area contributed by atoms with Crippen LogP contribution in [0.4, 0.5) is 11.4 Å². The zero-order chi connectivity index (χ0) is 13.4. The molecular formula is C19H15N. The van der Waals surface area contributed by atoms with Crippen LogP contribution in [-0.4, -0.2) is 0 Å². The lowest BCUT2D eigenvalue weighted by Gasteiger charge is -2.24. The Bertz CT molecular complexity index is 760. The van der Waals surface area contributed by atoms with Crippen LogP contribution in [0, 0.1) is 0 Å². The van der Waals surface area contributed by atoms with Gasteiger partial charge in [0.15, 0.2) is 0 Å². The van der Waals surface area contributed by atoms with Crippen LogP contribution >= 0.6 is 0 Å². The minimum Gasteiger partial charge on any atom is -0.355 e. The highest BCUT2D eigenvalue weighted by atomic mass is 14.9. The molecule has 1 heterocycles. The molecule has 96 valence electrons. The van der Waals surface area contributed by atoms with Crippen molar-refractivity contribution >= 4 is 11.4 Å². The van der Waals surface area contributed by atoms with E-state index in [0.29, 0.717) is 0 Å². The molecule has 1 nitrogen and oxygen atoms in total. The average molecular weight is 257 g/mol. The summed E-state index contributed by atoms with van der Waals surface area (Å²) in [5.41, 5.74) is 7.74. The zero-order valence-electron chi connectivity index (χ0n) is 11.1. The maximum atomic E-state index is 3.61. The molecule has 1 N–H and O–H groups in total. The molecule has 0 spiro atoms. The molecule has 4 rings (SSSR count). The van der Waals surface area contributed by atoms with Crippen LogP contribution in [-0.2, 0) is 6.42 Å². The van der Waals surface area contributed by atoms with Gasteiger partial charge >= 0.3 is 0 Å². The van der Waals surface area contributed by atoms with E-state index in [0.717, 1.165) is 6.42 Å². The molecule has 3 aromatic carbocycles. The largest absolute Gasteiger partial charge is 0.355 e. The van der Waals surface area contributed by atoms with Gasteiger partial charge in [0.1, 0.15) is 0 Å². The molecule has 0 saturated carbocycles. The van der Waals surface area contributed by atoms with Crippen LogP contribution in [0.15, 0.2) is 72.8 Å². The van der Waals surface area contributed by atoms with Gasteiger partial charge in [-0.3, -0.25) is 0 Å². The number of fused-ring (bicyclic) bond motifs is 2. The molecule has 0 bridgehead atoms. The fraction of sp³-hybridized carbons (Fsp3) is 0.0526. The van der Waals surface area contributed by atoms with E-state index in [1.165, 1.54) is 33.6 Å². The average Bonchev–Trinajstić information content (AvgIpc) is 2.53. The second-order valence-electron chi connectivity index (χ2n) is 5.16. The minimum absolute atomic E-state index is 0.999. The fourth-order valence-corrected chi connectivity index (χ4v) is 2.89. The molecule has 0 aromatic heterocycles. The van der Waals surface area contributed by atoms with E-state index in [2.05, 4.69) is 78.1 Å². The van der Waals surface area contributed by atoms with Crippen LogP contribution in [0.3, 0.4) is 0 Å². The predicted molar refractivity (Wildman–Crippen MR) is 84.4 cm³/mol. The molecule has 20 heavy (non-hydrogen) atoms. The van der Waals surface area contributed by atoms with Crippen molar-refractivity contribution in [2.45, 2.75) is 6.42 Å². The third-order valence-electron chi connectivity index (χ3n) is 3.89. The van der Waals surface area contributed by atoms with Gasteiger partial charge in [0.05, 0.1) is 0 Å². The molecule has 0 aliphatic carbocycles. The number of nitrogens with one attached hydrogen (secondary N) is 1. The summed E-state index contributed by atoms with van der Waals surface area (Å²) in [6.07, 6.45) is 0.999. The third kappa shape index (κ3) is 1.79. The molecule has 1 aliphatic rings. The Hall–Kier alpha value is -2.54. The van der Waals surface area contributed by atoms with E-state index in [9.17, 15) is 0 Å². The first kappa shape index (κ1) is 11.3. The Morgan fingerprint density at radius 3 is 2.30 bits per heavy atom. The van der Waals surface area contributed by atoms with Crippen molar-refractivity contribution in [3.05, 3.63) is 83.9 Å². The van der Waals surface area contributed by atoms with Crippen LogP contribution in [0.1, 0.15) is 11.1 Å². The van der Waals surface area contributed by atoms with Gasteiger partial charge < -0.3 is 5.32 Å². The van der Waals surface area contributed by atoms with Crippen molar-refractivity contribution in [1.82, 2.24) is 0 Å². The van der Waals surface area contributed by atoms with Crippen LogP contribution < -0.4 is 5.32 Å². The van der Waals surface area contributed by atoms with Crippen LogP contribution in [0.5, 0.6) is 0 Å². The van der Waals surface area contributed by atoms with E-state index < -0.39 is 0 Å². The Balaban J connectivity index is 1.87. The van der Waals surface area contributed by atoms with E-state index in [1.54, 1.807) is 0 Å². The second kappa shape index (κ2) is 4.53. The summed E-state index contributed by atoms with van der Waals surface area (Å²) in [6.45, 7) is 0. The summed E-state index contributed by atoms with van der Waals surface area (Å²) in [5.74, 6) is 0. The van der Waals surface area contributed by atoms with Crippen molar-refractivity contribution in [2.24, 2.45) is 0 Å². The summed E-state index contributed by atoms with van der Waals surface area (Å²) in [5, 5.41) is 3.61. The van der Waals surface area contributed by atoms with Crippen LogP contribution in [0.2, 0.25) is 0 Å². The standard InChI is InChI=1S/C19H15N/c1-2-7-14(8-3-1)17-11-6-10-16-13-15-9-4-5-12-18(15)20-19(16)17/h1-12,20H,13H2. The lowest BCUT2D eigenvalue weighted by molar-refractivity contribution is 1.16. The van der Waals surface area contributed by atoms with E-state index in [1.807, 2.05) is 0 Å². The highest BCUT2D eigenvalue weighted by molar-refractivity contribution is 5.86. The lowest BCUT2D eigenvalue weighted by Crippen LogP contribution is -2.07. The maximum Gasteiger partial charge on any atom is 0.0499 e. The summed E-state index contributed by atoms with van der Waals surface area (Å²) in [7, 11) is 0. The van der Waals surface area contributed by atoms with Gasteiger partial charge in [-0.2, -0.15) is 0 Å². The van der Waals surface area contributed by atoms with E-state index in [-0.39, 0.29) is 0 Å². The monoisotopic (exact) mass is 257 g/mol. The number of para-hydroxylation sites is 2. The molecule has 1 heteroatoms. The lowest BCUT2D eigenvalue weighted by atomic mass is 9.92. The second-order valence-corrected chi connectivity index (χ2v) is 5.16. The minimum atomic E-state index is 0.999. The number of rotatable bonds is 1. The SMILES string of the molecule is c1ccc(-c2cccc3c2Nc2ccccc2C3)cc1. The first-order chi connectivity index (χ1) is 9.92. The quantitative estimate of drug-likeness (QED) is 0.506. The van der Waals surface area contributed by atoms with Crippen molar-refractivity contribution in [3.8, 4) is 11.1 Å². The Labute approximate surface area is 118 Å². The van der Waals surface area contributed by atoms with Gasteiger partial charge in [-0.15, -0.1) is 0 Å². The van der Waals surface area contributed by atoms with Crippen molar-refractivity contribution in [1.29, 1.82) is 0 Å². The number of hydrogen-bond donors (Lipinski definition) is 1. The fourth-order valence-electron chi connectivity index (χ4n) is 2.89. The highest BCUT2D eigenvalue weighted by Gasteiger charge is 2.17. The van der Waals surface area contributed by atoms with Gasteiger partial charge in [0.25, 0.3) is 0 Å². The Kier molecular flexibility index (Phi) is 2.56. The number of benzene rings is 3. The van der Waals surface area contributed by atoms with Gasteiger partial charge in [-0.25, -0.2) is 0 Å². The molecule has 3 aromatic rings. The number of anilines is 2. The molecular weight excluding hydrogens is 242 g/mol. The predicted octanol–water partition coefficient (Wildman–Crippen LogP) is 5.00. The molecule has 0 radical (unpaired) electrons. The van der Waals surface area contributed by atoms with Gasteiger partial charge in [-0.05, 0) is 22.8 Å². The van der Waals surface area contributed by atoms with Gasteiger partial charge in [0.2, 0.25) is 0 Å². The molecule has 1 aliphatic heterocycles. The van der Waals surface area contributed by atoms with Gasteiger partial charge in [-0.1, -0.05) is 66.7 Å². The Morgan fingerprint density at radius 1 is 0.650 bits per heavy atom. The van der Waals surface area contributed by atoms with Crippen molar-refractivity contribution in [2.75, 3.05) is 5.32 Å². The third-order valence-corrected chi connectivity index (χ3v) is 3.89. The van der Waals surface area contributed by atoms with Crippen LogP contribution in [0.25, 0.3) is 11.1 Å². The summed E-state index contributed by atoms with van der Waals surface area (Å²) >= 11 is 0. The van der Waals surface area contributed by atoms with E-state index >= 15 is 0 Å². The maximum absolute atomic E-state index is 3.61. The normalized spacial score (nSPS) is 12.2. The highest BCUT2D eigenvalue weighted by Crippen LogP contribution is 2.39. The Morgan fingerprint density at radius 2 is 1.40 bits per heavy atom. The first-order valence-electron chi connectivity index (χ1n) is 6.94. The zero-order valence-corrected chi connectivity index (χ0v) is 11.1. The van der Waals surface area contributed by atoms with Gasteiger partial charge in [0, 0.05) is 23.4 Å². The summed E-state index contributed by atoms with van der Waals surface area (Å²) in [6, 6.07) is 25.7. The molecule has 0 amide bonds. The molecule has 0 atom stereocenters. The molecule has 0 unspecified atom stereocenters. The number of hydrogen-bond acceptors (Lipinski definition) is 1. The molecule has 0 fully saturated rings. The smallest absolute Gasteiger partial charge is 0.0499 e. The van der Waals surface area contributed by atoms with E-state index in [4.69, 9.17) is 0 Å². The van der Waals surface area contributed by atoms with Crippen molar-refractivity contribution < 1.29 is 0 Å².